The van der Waals surface area contributed by atoms with Crippen molar-refractivity contribution in [3.05, 3.63) is 29.8 Å². The highest BCUT2D eigenvalue weighted by Gasteiger charge is 2.26. The van der Waals surface area contributed by atoms with E-state index in [9.17, 15) is 4.79 Å². The molecule has 0 saturated carbocycles. The molecule has 1 amide bonds. The number of hydrogen-bond acceptors (Lipinski definition) is 3. The number of piperidine rings is 1. The third kappa shape index (κ3) is 5.56. The van der Waals surface area contributed by atoms with Gasteiger partial charge in [0, 0.05) is 13.1 Å². The fourth-order valence-corrected chi connectivity index (χ4v) is 2.61. The third-order valence-corrected chi connectivity index (χ3v) is 3.90. The number of hydrogen-bond donors (Lipinski definition) is 2. The molecule has 0 aromatic heterocycles. The van der Waals surface area contributed by atoms with E-state index in [1.54, 1.807) is 7.11 Å². The van der Waals surface area contributed by atoms with Gasteiger partial charge in [-0.1, -0.05) is 19.1 Å². The Morgan fingerprint density at radius 1 is 1.48 bits per heavy atom. The normalized spacial score (nSPS) is 21.2. The van der Waals surface area contributed by atoms with Gasteiger partial charge in [0.2, 0.25) is 5.91 Å². The quantitative estimate of drug-likeness (QED) is 0.876. The molecule has 4 nitrogen and oxygen atoms in total. The van der Waals surface area contributed by atoms with Gasteiger partial charge in [0.25, 0.3) is 0 Å². The molecule has 1 fully saturated rings. The lowest BCUT2D eigenvalue weighted by Crippen LogP contribution is -2.45. The summed E-state index contributed by atoms with van der Waals surface area (Å²) in [6.07, 6.45) is 2.75. The number of carbonyl (C=O) groups excluding carboxylic acids is 1. The lowest BCUT2D eigenvalue weighted by Gasteiger charge is -2.34. The number of halogens is 1. The largest absolute Gasteiger partial charge is 0.497 e. The van der Waals surface area contributed by atoms with E-state index in [1.807, 2.05) is 24.3 Å². The first-order valence-corrected chi connectivity index (χ1v) is 7.22. The smallest absolute Gasteiger partial charge is 0.224 e. The standard InChI is InChI=1S/C16H24N2O2.ClH/c1-16(7-4-8-17-11-16)12-18-15(19)10-13-5-3-6-14(9-13)20-2;/h3,5-6,9,17H,4,7-8,10-12H2,1-2H3,(H,18,19);1H. The number of amides is 1. The Labute approximate surface area is 133 Å². The number of benzene rings is 1. The van der Waals surface area contributed by atoms with Crippen LogP contribution in [0, 0.1) is 5.41 Å². The van der Waals surface area contributed by atoms with Crippen LogP contribution in [0.5, 0.6) is 5.75 Å². The van der Waals surface area contributed by atoms with Gasteiger partial charge in [-0.05, 0) is 42.5 Å². The van der Waals surface area contributed by atoms with Crippen LogP contribution in [0.3, 0.4) is 0 Å². The minimum atomic E-state index is 0. The summed E-state index contributed by atoms with van der Waals surface area (Å²) in [5.74, 6) is 0.865. The molecule has 1 atom stereocenters. The second kappa shape index (κ2) is 8.25. The molecule has 0 spiro atoms. The van der Waals surface area contributed by atoms with E-state index in [-0.39, 0.29) is 23.7 Å². The Morgan fingerprint density at radius 3 is 2.95 bits per heavy atom. The summed E-state index contributed by atoms with van der Waals surface area (Å²) in [5.41, 5.74) is 1.16. The molecular formula is C16H25ClN2O2. The maximum atomic E-state index is 12.0. The lowest BCUT2D eigenvalue weighted by atomic mass is 9.83. The van der Waals surface area contributed by atoms with E-state index in [0.29, 0.717) is 6.42 Å². The van der Waals surface area contributed by atoms with Crippen molar-refractivity contribution in [2.75, 3.05) is 26.7 Å². The summed E-state index contributed by atoms with van der Waals surface area (Å²) in [6.45, 7) is 5.04. The third-order valence-electron chi connectivity index (χ3n) is 3.90. The van der Waals surface area contributed by atoms with Gasteiger partial charge in [0.1, 0.15) is 5.75 Å². The van der Waals surface area contributed by atoms with Gasteiger partial charge in [-0.15, -0.1) is 12.4 Å². The van der Waals surface area contributed by atoms with Gasteiger partial charge in [-0.2, -0.15) is 0 Å². The van der Waals surface area contributed by atoms with Crippen molar-refractivity contribution in [1.82, 2.24) is 10.6 Å². The topological polar surface area (TPSA) is 50.4 Å². The predicted octanol–water partition coefficient (Wildman–Crippen LogP) is 2.17. The van der Waals surface area contributed by atoms with Crippen molar-refractivity contribution < 1.29 is 9.53 Å². The van der Waals surface area contributed by atoms with Crippen molar-refractivity contribution in [2.45, 2.75) is 26.2 Å². The number of carbonyl (C=O) groups is 1. The van der Waals surface area contributed by atoms with E-state index in [2.05, 4.69) is 17.6 Å². The van der Waals surface area contributed by atoms with Gasteiger partial charge in [0.05, 0.1) is 13.5 Å². The minimum absolute atomic E-state index is 0. The first kappa shape index (κ1) is 17.8. The summed E-state index contributed by atoms with van der Waals surface area (Å²) in [4.78, 5) is 12.0. The van der Waals surface area contributed by atoms with Gasteiger partial charge in [0.15, 0.2) is 0 Å². The van der Waals surface area contributed by atoms with Crippen molar-refractivity contribution in [3.8, 4) is 5.75 Å². The van der Waals surface area contributed by atoms with E-state index >= 15 is 0 Å². The Balaban J connectivity index is 0.00000220. The first-order valence-electron chi connectivity index (χ1n) is 7.22. The lowest BCUT2D eigenvalue weighted by molar-refractivity contribution is -0.121. The Kier molecular flexibility index (Phi) is 6.99. The summed E-state index contributed by atoms with van der Waals surface area (Å²) < 4.78 is 5.17. The number of nitrogens with one attached hydrogen (secondary N) is 2. The molecule has 0 bridgehead atoms. The van der Waals surface area contributed by atoms with Crippen LogP contribution in [0.15, 0.2) is 24.3 Å². The van der Waals surface area contributed by atoms with E-state index in [1.165, 1.54) is 12.8 Å². The number of methoxy groups -OCH3 is 1. The first-order chi connectivity index (χ1) is 9.61. The van der Waals surface area contributed by atoms with Crippen molar-refractivity contribution in [2.24, 2.45) is 5.41 Å². The summed E-state index contributed by atoms with van der Waals surface area (Å²) in [5, 5.41) is 6.46. The summed E-state index contributed by atoms with van der Waals surface area (Å²) in [6, 6.07) is 7.65. The molecule has 1 aliphatic heterocycles. The average Bonchev–Trinajstić information content (AvgIpc) is 2.46. The Morgan fingerprint density at radius 2 is 2.29 bits per heavy atom. The van der Waals surface area contributed by atoms with E-state index in [0.717, 1.165) is 30.9 Å². The molecule has 1 aromatic rings. The monoisotopic (exact) mass is 312 g/mol. The Hall–Kier alpha value is -1.26. The number of rotatable bonds is 5. The SMILES string of the molecule is COc1cccc(CC(=O)NCC2(C)CCCNC2)c1.Cl. The molecule has 1 heterocycles. The minimum Gasteiger partial charge on any atom is -0.497 e. The van der Waals surface area contributed by atoms with E-state index < -0.39 is 0 Å². The molecule has 21 heavy (non-hydrogen) atoms. The molecule has 0 radical (unpaired) electrons. The maximum absolute atomic E-state index is 12.0. The highest BCUT2D eigenvalue weighted by Crippen LogP contribution is 2.24. The molecule has 1 aliphatic rings. The van der Waals surface area contributed by atoms with Crippen LogP contribution in [0.2, 0.25) is 0 Å². The zero-order chi connectivity index (χ0) is 14.4. The zero-order valence-electron chi connectivity index (χ0n) is 12.8. The molecule has 2 N–H and O–H groups in total. The fraction of sp³-hybridized carbons (Fsp3) is 0.562. The number of ether oxygens (including phenoxy) is 1. The summed E-state index contributed by atoms with van der Waals surface area (Å²) in [7, 11) is 1.64. The van der Waals surface area contributed by atoms with Crippen LogP contribution >= 0.6 is 12.4 Å². The molecule has 1 aromatic carbocycles. The predicted molar refractivity (Wildman–Crippen MR) is 87.2 cm³/mol. The molecule has 118 valence electrons. The zero-order valence-corrected chi connectivity index (χ0v) is 13.6. The van der Waals surface area contributed by atoms with E-state index in [4.69, 9.17) is 4.74 Å². The van der Waals surface area contributed by atoms with Gasteiger partial charge >= 0.3 is 0 Å². The molecule has 1 unspecified atom stereocenters. The van der Waals surface area contributed by atoms with Crippen molar-refractivity contribution in [1.29, 1.82) is 0 Å². The van der Waals surface area contributed by atoms with Crippen LogP contribution < -0.4 is 15.4 Å². The molecule has 5 heteroatoms. The van der Waals surface area contributed by atoms with Crippen molar-refractivity contribution >= 4 is 18.3 Å². The highest BCUT2D eigenvalue weighted by molar-refractivity contribution is 5.85. The van der Waals surface area contributed by atoms with Crippen LogP contribution in [0.1, 0.15) is 25.3 Å². The molecule has 1 saturated heterocycles. The fourth-order valence-electron chi connectivity index (χ4n) is 2.61. The molecule has 2 rings (SSSR count). The van der Waals surface area contributed by atoms with Gasteiger partial charge in [-0.3, -0.25) is 4.79 Å². The molecular weight excluding hydrogens is 288 g/mol. The second-order valence-corrected chi connectivity index (χ2v) is 5.90. The van der Waals surface area contributed by atoms with Crippen molar-refractivity contribution in [3.63, 3.8) is 0 Å². The van der Waals surface area contributed by atoms with Gasteiger partial charge < -0.3 is 15.4 Å². The maximum Gasteiger partial charge on any atom is 0.224 e. The average molecular weight is 313 g/mol. The van der Waals surface area contributed by atoms with Crippen LogP contribution in [0.25, 0.3) is 0 Å². The van der Waals surface area contributed by atoms with Crippen LogP contribution in [0.4, 0.5) is 0 Å². The molecule has 0 aliphatic carbocycles. The highest BCUT2D eigenvalue weighted by atomic mass is 35.5. The second-order valence-electron chi connectivity index (χ2n) is 5.90. The van der Waals surface area contributed by atoms with Gasteiger partial charge in [-0.25, -0.2) is 0 Å². The van der Waals surface area contributed by atoms with Crippen LogP contribution in [-0.4, -0.2) is 32.7 Å². The Bertz CT molecular complexity index is 459. The summed E-state index contributed by atoms with van der Waals surface area (Å²) >= 11 is 0. The van der Waals surface area contributed by atoms with Crippen LogP contribution in [-0.2, 0) is 11.2 Å².